The van der Waals surface area contributed by atoms with Crippen LogP contribution in [0.5, 0.6) is 0 Å². The Labute approximate surface area is 151 Å². The van der Waals surface area contributed by atoms with Gasteiger partial charge in [-0.25, -0.2) is 0 Å². The van der Waals surface area contributed by atoms with E-state index < -0.39 is 0 Å². The second-order valence-corrected chi connectivity index (χ2v) is 7.25. The maximum absolute atomic E-state index is 12.5. The summed E-state index contributed by atoms with van der Waals surface area (Å²) >= 11 is 1.42. The predicted octanol–water partition coefficient (Wildman–Crippen LogP) is 3.26. The summed E-state index contributed by atoms with van der Waals surface area (Å²) in [6, 6.07) is 9.44. The van der Waals surface area contributed by atoms with Crippen LogP contribution in [0, 0.1) is 5.92 Å². The topological polar surface area (TPSA) is 75.2 Å². The average molecular weight is 358 g/mol. The number of amides is 2. The number of nitrogens with one attached hydrogen (secondary N) is 1. The van der Waals surface area contributed by atoms with E-state index in [2.05, 4.69) is 22.4 Å². The molecule has 0 aliphatic carbocycles. The average Bonchev–Trinajstić information content (AvgIpc) is 3.22. The quantitative estimate of drug-likeness (QED) is 0.771. The van der Waals surface area contributed by atoms with E-state index in [1.54, 1.807) is 4.90 Å². The third-order valence-electron chi connectivity index (χ3n) is 4.25. The predicted molar refractivity (Wildman–Crippen MR) is 98.7 cm³/mol. The van der Waals surface area contributed by atoms with Crippen LogP contribution in [0.15, 0.2) is 30.3 Å². The Morgan fingerprint density at radius 2 is 2.08 bits per heavy atom. The highest BCUT2D eigenvalue weighted by atomic mass is 32.1. The fourth-order valence-corrected chi connectivity index (χ4v) is 3.66. The number of aromatic nitrogens is 2. The van der Waals surface area contributed by atoms with Crippen molar-refractivity contribution in [2.45, 2.75) is 39.0 Å². The number of rotatable bonds is 7. The Hall–Kier alpha value is -2.28. The molecule has 0 radical (unpaired) electrons. The van der Waals surface area contributed by atoms with Crippen LogP contribution >= 0.6 is 11.3 Å². The summed E-state index contributed by atoms with van der Waals surface area (Å²) in [6.45, 7) is 2.56. The van der Waals surface area contributed by atoms with E-state index in [9.17, 15) is 9.59 Å². The van der Waals surface area contributed by atoms with Gasteiger partial charge in [-0.3, -0.25) is 9.59 Å². The fourth-order valence-electron chi connectivity index (χ4n) is 2.88. The largest absolute Gasteiger partial charge is 0.312 e. The summed E-state index contributed by atoms with van der Waals surface area (Å²) in [5.41, 5.74) is 0.830. The molecule has 25 heavy (non-hydrogen) atoms. The maximum Gasteiger partial charge on any atom is 0.231 e. The molecule has 1 aliphatic heterocycles. The van der Waals surface area contributed by atoms with Crippen LogP contribution in [0.2, 0.25) is 0 Å². The molecule has 3 rings (SSSR count). The van der Waals surface area contributed by atoms with Gasteiger partial charge in [0.1, 0.15) is 5.01 Å². The van der Waals surface area contributed by atoms with E-state index in [4.69, 9.17) is 0 Å². The molecule has 1 unspecified atom stereocenters. The van der Waals surface area contributed by atoms with Crippen molar-refractivity contribution in [3.05, 3.63) is 35.3 Å². The van der Waals surface area contributed by atoms with E-state index in [0.717, 1.165) is 30.0 Å². The lowest BCUT2D eigenvalue weighted by Gasteiger charge is -2.16. The van der Waals surface area contributed by atoms with Crippen molar-refractivity contribution in [1.29, 1.82) is 0 Å². The van der Waals surface area contributed by atoms with E-state index in [-0.39, 0.29) is 24.2 Å². The van der Waals surface area contributed by atoms with Crippen molar-refractivity contribution >= 4 is 34.0 Å². The van der Waals surface area contributed by atoms with Crippen LogP contribution in [0.3, 0.4) is 0 Å². The summed E-state index contributed by atoms with van der Waals surface area (Å²) < 4.78 is 0. The van der Waals surface area contributed by atoms with E-state index >= 15 is 0 Å². The Morgan fingerprint density at radius 3 is 2.84 bits per heavy atom. The van der Waals surface area contributed by atoms with Gasteiger partial charge in [0.25, 0.3) is 0 Å². The molecule has 7 heteroatoms. The summed E-state index contributed by atoms with van der Waals surface area (Å²) in [5.74, 6) is -0.549. The van der Waals surface area contributed by atoms with Gasteiger partial charge < -0.3 is 10.2 Å². The molecule has 1 aromatic heterocycles. The van der Waals surface area contributed by atoms with Crippen molar-refractivity contribution in [3.8, 4) is 0 Å². The molecule has 2 amide bonds. The molecule has 0 saturated carbocycles. The SMILES string of the molecule is CCCCCc1nnc(NC(=O)C2CC(=O)N(c3ccccc3)C2)s1. The van der Waals surface area contributed by atoms with E-state index in [1.807, 2.05) is 30.3 Å². The van der Waals surface area contributed by atoms with Gasteiger partial charge in [0.05, 0.1) is 5.92 Å². The van der Waals surface area contributed by atoms with Crippen molar-refractivity contribution < 1.29 is 9.59 Å². The fraction of sp³-hybridized carbons (Fsp3) is 0.444. The first-order valence-electron chi connectivity index (χ1n) is 8.66. The van der Waals surface area contributed by atoms with Crippen molar-refractivity contribution in [1.82, 2.24) is 10.2 Å². The first-order valence-corrected chi connectivity index (χ1v) is 9.47. The first kappa shape index (κ1) is 17.5. The van der Waals surface area contributed by atoms with Crippen LogP contribution in [0.1, 0.15) is 37.6 Å². The number of hydrogen-bond donors (Lipinski definition) is 1. The minimum absolute atomic E-state index is 0.0242. The van der Waals surface area contributed by atoms with Gasteiger partial charge in [0.15, 0.2) is 0 Å². The molecule has 1 fully saturated rings. The molecular weight excluding hydrogens is 336 g/mol. The summed E-state index contributed by atoms with van der Waals surface area (Å²) in [6.07, 6.45) is 4.53. The van der Waals surface area contributed by atoms with Gasteiger partial charge in [-0.2, -0.15) is 0 Å². The lowest BCUT2D eigenvalue weighted by atomic mass is 10.1. The van der Waals surface area contributed by atoms with Crippen LogP contribution in [0.25, 0.3) is 0 Å². The second kappa shape index (κ2) is 8.20. The molecule has 132 valence electrons. The van der Waals surface area contributed by atoms with Crippen LogP contribution in [-0.2, 0) is 16.0 Å². The zero-order chi connectivity index (χ0) is 17.6. The van der Waals surface area contributed by atoms with Crippen LogP contribution in [-0.4, -0.2) is 28.6 Å². The molecule has 6 nitrogen and oxygen atoms in total. The number of hydrogen-bond acceptors (Lipinski definition) is 5. The zero-order valence-corrected chi connectivity index (χ0v) is 15.1. The number of unbranched alkanes of at least 4 members (excludes halogenated alkanes) is 2. The van der Waals surface area contributed by atoms with Gasteiger partial charge in [-0.05, 0) is 18.6 Å². The Morgan fingerprint density at radius 1 is 1.28 bits per heavy atom. The van der Waals surface area contributed by atoms with E-state index in [0.29, 0.717) is 11.7 Å². The van der Waals surface area contributed by atoms with Crippen LogP contribution < -0.4 is 10.2 Å². The number of para-hydroxylation sites is 1. The summed E-state index contributed by atoms with van der Waals surface area (Å²) in [7, 11) is 0. The molecule has 1 aliphatic rings. The number of aryl methyl sites for hydroxylation is 1. The van der Waals surface area contributed by atoms with Crippen molar-refractivity contribution in [3.63, 3.8) is 0 Å². The Kier molecular flexibility index (Phi) is 5.75. The third-order valence-corrected chi connectivity index (χ3v) is 5.15. The number of nitrogens with zero attached hydrogens (tertiary/aromatic N) is 3. The number of benzene rings is 1. The summed E-state index contributed by atoms with van der Waals surface area (Å²) in [5, 5.41) is 12.4. The maximum atomic E-state index is 12.5. The molecule has 0 bridgehead atoms. The minimum atomic E-state index is -0.361. The highest BCUT2D eigenvalue weighted by Gasteiger charge is 2.35. The number of carbonyl (C=O) groups excluding carboxylic acids is 2. The summed E-state index contributed by atoms with van der Waals surface area (Å²) in [4.78, 5) is 26.3. The second-order valence-electron chi connectivity index (χ2n) is 6.19. The standard InChI is InChI=1S/C18H22N4O2S/c1-2-3-5-10-15-20-21-18(25-15)19-17(24)13-11-16(23)22(12-13)14-8-6-4-7-9-14/h4,6-9,13H,2-3,5,10-12H2,1H3,(H,19,21,24). The molecule has 1 N–H and O–H groups in total. The van der Waals surface area contributed by atoms with E-state index in [1.165, 1.54) is 17.8 Å². The monoisotopic (exact) mass is 358 g/mol. The molecule has 2 aromatic rings. The molecule has 2 heterocycles. The smallest absolute Gasteiger partial charge is 0.231 e. The third kappa shape index (κ3) is 4.42. The molecule has 1 saturated heterocycles. The molecule has 1 aromatic carbocycles. The van der Waals surface area contributed by atoms with Gasteiger partial charge >= 0.3 is 0 Å². The van der Waals surface area contributed by atoms with Gasteiger partial charge in [-0.15, -0.1) is 10.2 Å². The molecule has 1 atom stereocenters. The Balaban J connectivity index is 1.56. The zero-order valence-electron chi connectivity index (χ0n) is 14.3. The highest BCUT2D eigenvalue weighted by molar-refractivity contribution is 7.15. The lowest BCUT2D eigenvalue weighted by molar-refractivity contribution is -0.122. The van der Waals surface area contributed by atoms with Gasteiger partial charge in [0, 0.05) is 25.1 Å². The van der Waals surface area contributed by atoms with Gasteiger partial charge in [0.2, 0.25) is 16.9 Å². The van der Waals surface area contributed by atoms with Crippen LogP contribution in [0.4, 0.5) is 10.8 Å². The van der Waals surface area contributed by atoms with Crippen molar-refractivity contribution in [2.24, 2.45) is 5.92 Å². The number of carbonyl (C=O) groups is 2. The first-order chi connectivity index (χ1) is 12.2. The Bertz CT molecular complexity index is 732. The lowest BCUT2D eigenvalue weighted by Crippen LogP contribution is -2.28. The van der Waals surface area contributed by atoms with Crippen molar-refractivity contribution in [2.75, 3.05) is 16.8 Å². The normalized spacial score (nSPS) is 17.1. The molecular formula is C18H22N4O2S. The minimum Gasteiger partial charge on any atom is -0.312 e. The highest BCUT2D eigenvalue weighted by Crippen LogP contribution is 2.26. The van der Waals surface area contributed by atoms with Gasteiger partial charge in [-0.1, -0.05) is 49.3 Å². The molecule has 0 spiro atoms. The number of anilines is 2.